The Kier molecular flexibility index (Phi) is 5.07. The molecule has 0 aliphatic carbocycles. The van der Waals surface area contributed by atoms with E-state index < -0.39 is 0 Å². The SMILES string of the molecule is Cc1cc(CNC(=O)N2CCN(c3ccccc3O)CC2)ccc1F. The van der Waals surface area contributed by atoms with Gasteiger partial charge in [-0.1, -0.05) is 24.3 Å². The van der Waals surface area contributed by atoms with Gasteiger partial charge in [0.1, 0.15) is 11.6 Å². The number of phenolic OH excluding ortho intramolecular Hbond substituents is 1. The van der Waals surface area contributed by atoms with Gasteiger partial charge in [0.05, 0.1) is 5.69 Å². The maximum absolute atomic E-state index is 13.3. The molecule has 0 aromatic heterocycles. The number of piperazine rings is 1. The van der Waals surface area contributed by atoms with Crippen LogP contribution in [0.1, 0.15) is 11.1 Å². The number of benzene rings is 2. The minimum absolute atomic E-state index is 0.126. The van der Waals surface area contributed by atoms with Crippen molar-refractivity contribution in [1.82, 2.24) is 10.2 Å². The number of aromatic hydroxyl groups is 1. The molecule has 0 atom stereocenters. The summed E-state index contributed by atoms with van der Waals surface area (Å²) in [5.74, 6) is 0.0162. The van der Waals surface area contributed by atoms with E-state index in [4.69, 9.17) is 0 Å². The van der Waals surface area contributed by atoms with Crippen molar-refractivity contribution in [3.05, 3.63) is 59.4 Å². The first-order chi connectivity index (χ1) is 12.0. The molecular formula is C19H22FN3O2. The maximum atomic E-state index is 13.3. The van der Waals surface area contributed by atoms with Gasteiger partial charge in [-0.05, 0) is 36.2 Å². The number of amides is 2. The Labute approximate surface area is 146 Å². The molecule has 3 rings (SSSR count). The van der Waals surface area contributed by atoms with Crippen LogP contribution in [0.3, 0.4) is 0 Å². The number of nitrogens with one attached hydrogen (secondary N) is 1. The van der Waals surface area contributed by atoms with E-state index in [9.17, 15) is 14.3 Å². The standard InChI is InChI=1S/C19H22FN3O2/c1-14-12-15(6-7-16(14)20)13-21-19(25)23-10-8-22(9-11-23)17-4-2-3-5-18(17)24/h2-7,12,24H,8-11,13H2,1H3,(H,21,25). The number of nitrogens with zero attached hydrogens (tertiary/aromatic N) is 2. The summed E-state index contributed by atoms with van der Waals surface area (Å²) in [4.78, 5) is 16.1. The number of anilines is 1. The van der Waals surface area contributed by atoms with Crippen LogP contribution in [-0.4, -0.2) is 42.2 Å². The van der Waals surface area contributed by atoms with Crippen molar-refractivity contribution < 1.29 is 14.3 Å². The average Bonchev–Trinajstić information content (AvgIpc) is 2.63. The van der Waals surface area contributed by atoms with Gasteiger partial charge in [0.15, 0.2) is 0 Å². The largest absolute Gasteiger partial charge is 0.506 e. The minimum atomic E-state index is -0.240. The zero-order valence-electron chi connectivity index (χ0n) is 14.2. The van der Waals surface area contributed by atoms with Gasteiger partial charge in [-0.25, -0.2) is 9.18 Å². The van der Waals surface area contributed by atoms with Gasteiger partial charge in [0, 0.05) is 32.7 Å². The van der Waals surface area contributed by atoms with E-state index in [-0.39, 0.29) is 17.6 Å². The lowest BCUT2D eigenvalue weighted by Crippen LogP contribution is -2.51. The number of carbonyl (C=O) groups excluding carboxylic acids is 1. The summed E-state index contributed by atoms with van der Waals surface area (Å²) < 4.78 is 13.3. The second-order valence-corrected chi connectivity index (χ2v) is 6.21. The molecule has 0 radical (unpaired) electrons. The van der Waals surface area contributed by atoms with Crippen LogP contribution in [0.5, 0.6) is 5.75 Å². The van der Waals surface area contributed by atoms with Gasteiger partial charge in [-0.3, -0.25) is 0 Å². The van der Waals surface area contributed by atoms with E-state index in [1.807, 2.05) is 12.1 Å². The van der Waals surface area contributed by atoms with Crippen LogP contribution < -0.4 is 10.2 Å². The molecular weight excluding hydrogens is 321 g/mol. The Balaban J connectivity index is 1.51. The van der Waals surface area contributed by atoms with Crippen molar-refractivity contribution >= 4 is 11.7 Å². The highest BCUT2D eigenvalue weighted by Gasteiger charge is 2.22. The summed E-state index contributed by atoms with van der Waals surface area (Å²) in [6.07, 6.45) is 0. The van der Waals surface area contributed by atoms with Crippen LogP contribution in [0.4, 0.5) is 14.9 Å². The number of hydrogen-bond donors (Lipinski definition) is 2. The number of hydrogen-bond acceptors (Lipinski definition) is 3. The van der Waals surface area contributed by atoms with E-state index in [1.165, 1.54) is 6.07 Å². The van der Waals surface area contributed by atoms with Crippen LogP contribution in [0, 0.1) is 12.7 Å². The highest BCUT2D eigenvalue weighted by Crippen LogP contribution is 2.27. The third-order valence-corrected chi connectivity index (χ3v) is 4.46. The van der Waals surface area contributed by atoms with Gasteiger partial charge in [0.25, 0.3) is 0 Å². The van der Waals surface area contributed by atoms with Crippen LogP contribution in [0.15, 0.2) is 42.5 Å². The lowest BCUT2D eigenvalue weighted by molar-refractivity contribution is 0.194. The zero-order chi connectivity index (χ0) is 17.8. The first-order valence-corrected chi connectivity index (χ1v) is 8.35. The number of para-hydroxylation sites is 2. The number of halogens is 1. The Morgan fingerprint density at radius 2 is 1.88 bits per heavy atom. The average molecular weight is 343 g/mol. The predicted molar refractivity (Wildman–Crippen MR) is 95.3 cm³/mol. The second kappa shape index (κ2) is 7.42. The molecule has 5 nitrogen and oxygen atoms in total. The summed E-state index contributed by atoms with van der Waals surface area (Å²) in [5.41, 5.74) is 2.24. The van der Waals surface area contributed by atoms with Gasteiger partial charge >= 0.3 is 6.03 Å². The summed E-state index contributed by atoms with van der Waals surface area (Å²) in [6.45, 7) is 4.59. The van der Waals surface area contributed by atoms with Crippen molar-refractivity contribution in [2.45, 2.75) is 13.5 Å². The van der Waals surface area contributed by atoms with Gasteiger partial charge in [0.2, 0.25) is 0 Å². The van der Waals surface area contributed by atoms with E-state index in [1.54, 1.807) is 36.1 Å². The van der Waals surface area contributed by atoms with Crippen molar-refractivity contribution in [3.63, 3.8) is 0 Å². The Hall–Kier alpha value is -2.76. The molecule has 2 aromatic rings. The van der Waals surface area contributed by atoms with Crippen molar-refractivity contribution in [1.29, 1.82) is 0 Å². The van der Waals surface area contributed by atoms with E-state index in [0.717, 1.165) is 11.3 Å². The normalized spacial score (nSPS) is 14.5. The topological polar surface area (TPSA) is 55.8 Å². The van der Waals surface area contributed by atoms with Crippen LogP contribution >= 0.6 is 0 Å². The molecule has 1 saturated heterocycles. The molecule has 0 unspecified atom stereocenters. The molecule has 1 aliphatic heterocycles. The van der Waals surface area contributed by atoms with E-state index in [0.29, 0.717) is 38.3 Å². The first kappa shape index (κ1) is 17.1. The summed E-state index contributed by atoms with van der Waals surface area (Å²) >= 11 is 0. The second-order valence-electron chi connectivity index (χ2n) is 6.21. The molecule has 2 amide bonds. The molecule has 1 heterocycles. The lowest BCUT2D eigenvalue weighted by Gasteiger charge is -2.36. The molecule has 2 aromatic carbocycles. The molecule has 0 saturated carbocycles. The minimum Gasteiger partial charge on any atom is -0.506 e. The summed E-state index contributed by atoms with van der Waals surface area (Å²) in [7, 11) is 0. The summed E-state index contributed by atoms with van der Waals surface area (Å²) in [6, 6.07) is 11.9. The van der Waals surface area contributed by atoms with Crippen LogP contribution in [-0.2, 0) is 6.54 Å². The summed E-state index contributed by atoms with van der Waals surface area (Å²) in [5, 5.41) is 12.8. The number of rotatable bonds is 3. The van der Waals surface area contributed by atoms with Gasteiger partial charge in [-0.15, -0.1) is 0 Å². The Morgan fingerprint density at radius 3 is 2.56 bits per heavy atom. The van der Waals surface area contributed by atoms with Crippen LogP contribution in [0.25, 0.3) is 0 Å². The molecule has 1 aliphatic rings. The monoisotopic (exact) mass is 343 g/mol. The van der Waals surface area contributed by atoms with Gasteiger partial charge < -0.3 is 20.2 Å². The quantitative estimate of drug-likeness (QED) is 0.901. The molecule has 6 heteroatoms. The van der Waals surface area contributed by atoms with E-state index in [2.05, 4.69) is 10.2 Å². The zero-order valence-corrected chi connectivity index (χ0v) is 14.2. The molecule has 0 spiro atoms. The number of carbonyl (C=O) groups is 1. The third-order valence-electron chi connectivity index (χ3n) is 4.46. The highest BCUT2D eigenvalue weighted by molar-refractivity contribution is 5.74. The number of aryl methyl sites for hydroxylation is 1. The van der Waals surface area contributed by atoms with Crippen molar-refractivity contribution in [3.8, 4) is 5.75 Å². The molecule has 25 heavy (non-hydrogen) atoms. The fourth-order valence-corrected chi connectivity index (χ4v) is 2.99. The molecule has 1 fully saturated rings. The van der Waals surface area contributed by atoms with Gasteiger partial charge in [-0.2, -0.15) is 0 Å². The van der Waals surface area contributed by atoms with Crippen LogP contribution in [0.2, 0.25) is 0 Å². The fourth-order valence-electron chi connectivity index (χ4n) is 2.99. The third kappa shape index (κ3) is 4.02. The molecule has 132 valence electrons. The molecule has 2 N–H and O–H groups in total. The Bertz CT molecular complexity index is 758. The smallest absolute Gasteiger partial charge is 0.317 e. The first-order valence-electron chi connectivity index (χ1n) is 8.35. The fraction of sp³-hybridized carbons (Fsp3) is 0.316. The predicted octanol–water partition coefficient (Wildman–Crippen LogP) is 2.87. The van der Waals surface area contributed by atoms with Crippen molar-refractivity contribution in [2.24, 2.45) is 0 Å². The van der Waals surface area contributed by atoms with Crippen molar-refractivity contribution in [2.75, 3.05) is 31.1 Å². The molecule has 0 bridgehead atoms. The maximum Gasteiger partial charge on any atom is 0.317 e. The van der Waals surface area contributed by atoms with E-state index >= 15 is 0 Å². The highest BCUT2D eigenvalue weighted by atomic mass is 19.1. The number of urea groups is 1. The lowest BCUT2D eigenvalue weighted by atomic mass is 10.1. The number of phenols is 1. The Morgan fingerprint density at radius 1 is 1.16 bits per heavy atom.